The second kappa shape index (κ2) is 24.8. The molecule has 0 radical (unpaired) electrons. The molecular weight excluding hydrogens is 1170 g/mol. The topological polar surface area (TPSA) is 196 Å². The Balaban J connectivity index is 0.963. The number of amides is 4. The third kappa shape index (κ3) is 13.7. The highest BCUT2D eigenvalue weighted by Crippen LogP contribution is 2.44. The van der Waals surface area contributed by atoms with Gasteiger partial charge in [-0.1, -0.05) is 45.0 Å². The van der Waals surface area contributed by atoms with Gasteiger partial charge in [0.15, 0.2) is 29.1 Å². The number of benzene rings is 3. The van der Waals surface area contributed by atoms with Crippen LogP contribution in [-0.4, -0.2) is 112 Å². The number of alkyl halides is 8. The Hall–Kier alpha value is -7.77. The Labute approximate surface area is 484 Å². The summed E-state index contributed by atoms with van der Waals surface area (Å²) in [5.74, 6) is -8.06. The summed E-state index contributed by atoms with van der Waals surface area (Å²) in [5.41, 5.74) is -6.37. The summed E-state index contributed by atoms with van der Waals surface area (Å²) in [5, 5.41) is 14.0. The number of nitriles is 1. The van der Waals surface area contributed by atoms with Gasteiger partial charge in [-0.25, -0.2) is 22.5 Å². The van der Waals surface area contributed by atoms with E-state index in [1.165, 1.54) is 43.1 Å². The molecule has 0 bridgehead atoms. The van der Waals surface area contributed by atoms with Gasteiger partial charge in [0, 0.05) is 25.0 Å². The van der Waals surface area contributed by atoms with Gasteiger partial charge in [0.1, 0.15) is 53.9 Å². The van der Waals surface area contributed by atoms with Gasteiger partial charge in [-0.15, -0.1) is 11.3 Å². The Morgan fingerprint density at radius 1 is 0.929 bits per heavy atom. The number of nitrogens with zero attached hydrogens (tertiary/aromatic N) is 6. The number of halogens is 10. The quantitative estimate of drug-likeness (QED) is 0.0478. The first kappa shape index (κ1) is 63.8. The summed E-state index contributed by atoms with van der Waals surface area (Å²) in [4.78, 5) is 78.7. The Morgan fingerprint density at radius 3 is 2.18 bits per heavy atom. The van der Waals surface area contributed by atoms with Crippen LogP contribution in [0, 0.1) is 35.3 Å². The molecule has 84 heavy (non-hydrogen) atoms. The van der Waals surface area contributed by atoms with Crippen molar-refractivity contribution in [3.8, 4) is 33.5 Å². The van der Waals surface area contributed by atoms with Gasteiger partial charge in [0.05, 0.1) is 70.0 Å². The molecule has 16 nitrogen and oxygen atoms in total. The van der Waals surface area contributed by atoms with Crippen LogP contribution < -0.4 is 25.2 Å². The number of anilines is 2. The van der Waals surface area contributed by atoms with Crippen LogP contribution in [0.1, 0.15) is 88.9 Å². The zero-order chi connectivity index (χ0) is 62.1. The van der Waals surface area contributed by atoms with E-state index in [9.17, 15) is 55.6 Å². The summed E-state index contributed by atoms with van der Waals surface area (Å²) >= 11 is 6.84. The molecule has 5 aromatic rings. The summed E-state index contributed by atoms with van der Waals surface area (Å²) < 4.78 is 163. The smallest absolute Gasteiger partial charge is 0.420 e. The van der Waals surface area contributed by atoms with Gasteiger partial charge < -0.3 is 34.6 Å². The van der Waals surface area contributed by atoms with Crippen LogP contribution in [0.15, 0.2) is 72.4 Å². The van der Waals surface area contributed by atoms with E-state index in [4.69, 9.17) is 26.4 Å². The van der Waals surface area contributed by atoms with Crippen LogP contribution in [0.4, 0.5) is 55.3 Å². The van der Waals surface area contributed by atoms with Gasteiger partial charge in [-0.3, -0.25) is 33.9 Å². The summed E-state index contributed by atoms with van der Waals surface area (Å²) in [7, 11) is 0. The van der Waals surface area contributed by atoms with Crippen molar-refractivity contribution in [2.24, 2.45) is 5.41 Å². The minimum Gasteiger partial charge on any atom is -0.490 e. The number of thiazole rings is 1. The number of nitrogens with one attached hydrogen (secondary N) is 2. The van der Waals surface area contributed by atoms with Crippen LogP contribution in [0.5, 0.6) is 5.75 Å². The van der Waals surface area contributed by atoms with E-state index in [0.29, 0.717) is 23.1 Å². The highest BCUT2D eigenvalue weighted by Gasteiger charge is 2.53. The van der Waals surface area contributed by atoms with Crippen molar-refractivity contribution in [2.75, 3.05) is 36.2 Å². The van der Waals surface area contributed by atoms with Gasteiger partial charge in [-0.05, 0) is 86.8 Å². The number of esters is 1. The van der Waals surface area contributed by atoms with Crippen LogP contribution in [0.2, 0.25) is 0 Å². The fraction of sp³-hybridized carbons (Fsp3) is 0.411. The standard InChI is InChI=1S/C56H54F10N8O8S2/c1-27(30-9-11-31(12-10-30)47-28(2)69-26-84-47)70-49(77)42-19-35(82-29(3)75)22-72(42)50(78)48(53(4,5)6)71-43(76)25-80-23-39(58)40(59)24-81-34-14-15-36(37(18-34)55(61,62)63)46-38(57)17-33(21-68-46)74-52(83)73(51(79)54(74,7)8)41-16-13-32(20-67)44(45(41)60)56(64,65)66/h9-18,21,26-27,35,39-40,42,48H,19,22-25H2,1-8H3,(H,70,77)(H,71,76)/t27-,35+,39?,40?,42-,48+/m0/s1. The number of rotatable bonds is 18. The molecule has 3 aromatic carbocycles. The molecule has 6 atom stereocenters. The lowest BCUT2D eigenvalue weighted by molar-refractivity contribution is -0.147. The third-order valence-corrected chi connectivity index (χ3v) is 15.1. The molecule has 2 N–H and O–H groups in total. The molecule has 2 aromatic heterocycles. The van der Waals surface area contributed by atoms with Gasteiger partial charge >= 0.3 is 18.3 Å². The minimum absolute atomic E-state index is 0.0587. The van der Waals surface area contributed by atoms with E-state index in [0.717, 1.165) is 51.0 Å². The van der Waals surface area contributed by atoms with Gasteiger partial charge in [0.25, 0.3) is 5.91 Å². The first-order valence-corrected chi connectivity index (χ1v) is 26.9. The Kier molecular flexibility index (Phi) is 18.9. The Bertz CT molecular complexity index is 3400. The molecule has 2 aliphatic heterocycles. The van der Waals surface area contributed by atoms with Crippen molar-refractivity contribution < 1.29 is 82.1 Å². The van der Waals surface area contributed by atoms with Crippen molar-refractivity contribution in [1.29, 1.82) is 5.26 Å². The predicted octanol–water partition coefficient (Wildman–Crippen LogP) is 10.3. The van der Waals surface area contributed by atoms with Crippen molar-refractivity contribution in [1.82, 2.24) is 25.5 Å². The normalized spacial score (nSPS) is 17.8. The zero-order valence-corrected chi connectivity index (χ0v) is 47.6. The molecule has 0 spiro atoms. The second-order valence-corrected chi connectivity index (χ2v) is 22.5. The summed E-state index contributed by atoms with van der Waals surface area (Å²) in [6.45, 7) is 8.74. The van der Waals surface area contributed by atoms with Gasteiger partial charge in [-0.2, -0.15) is 31.6 Å². The molecule has 2 saturated heterocycles. The van der Waals surface area contributed by atoms with Crippen molar-refractivity contribution >= 4 is 69.6 Å². The fourth-order valence-corrected chi connectivity index (χ4v) is 10.8. The van der Waals surface area contributed by atoms with Crippen LogP contribution in [0.3, 0.4) is 0 Å². The maximum Gasteiger partial charge on any atom is 0.420 e. The monoisotopic (exact) mass is 1220 g/mol. The molecule has 0 saturated carbocycles. The molecule has 4 heterocycles. The van der Waals surface area contributed by atoms with E-state index in [1.54, 1.807) is 33.2 Å². The zero-order valence-electron chi connectivity index (χ0n) is 46.0. The number of aromatic nitrogens is 2. The first-order chi connectivity index (χ1) is 39.1. The number of carbonyl (C=O) groups is 5. The number of carbonyl (C=O) groups excluding carboxylic acids is 5. The number of hydrogen-bond acceptors (Lipinski definition) is 13. The van der Waals surface area contributed by atoms with E-state index in [-0.39, 0.29) is 18.7 Å². The lowest BCUT2D eigenvalue weighted by Crippen LogP contribution is -2.58. The predicted molar refractivity (Wildman–Crippen MR) is 289 cm³/mol. The molecule has 2 fully saturated rings. The van der Waals surface area contributed by atoms with E-state index in [2.05, 4.69) is 20.6 Å². The highest BCUT2D eigenvalue weighted by atomic mass is 32.1. The van der Waals surface area contributed by atoms with E-state index in [1.807, 2.05) is 31.2 Å². The fourth-order valence-electron chi connectivity index (χ4n) is 9.52. The minimum atomic E-state index is -5.38. The molecular formula is C56H54F10N8O8S2. The number of ether oxygens (including phenoxy) is 3. The second-order valence-electron chi connectivity index (χ2n) is 21.3. The lowest BCUT2D eigenvalue weighted by Gasteiger charge is -2.35. The van der Waals surface area contributed by atoms with Crippen molar-refractivity contribution in [3.05, 3.63) is 112 Å². The average Bonchev–Trinajstić information content (AvgIpc) is 1.75. The molecule has 28 heteroatoms. The number of hydrogen-bond donors (Lipinski definition) is 2. The average molecular weight is 1220 g/mol. The molecule has 2 unspecified atom stereocenters. The van der Waals surface area contributed by atoms with Crippen molar-refractivity contribution in [3.63, 3.8) is 0 Å². The lowest BCUT2D eigenvalue weighted by atomic mass is 9.85. The van der Waals surface area contributed by atoms with Crippen LogP contribution >= 0.6 is 23.6 Å². The molecule has 448 valence electrons. The number of aryl methyl sites for hydroxylation is 1. The van der Waals surface area contributed by atoms with Crippen LogP contribution in [0.25, 0.3) is 21.7 Å². The molecule has 0 aliphatic carbocycles. The molecule has 2 aliphatic rings. The van der Waals surface area contributed by atoms with E-state index < -0.39 is 165 Å². The number of likely N-dealkylation sites (tertiary alicyclic amines) is 1. The molecule has 7 rings (SSSR count). The van der Waals surface area contributed by atoms with Crippen molar-refractivity contribution in [2.45, 2.75) is 116 Å². The summed E-state index contributed by atoms with van der Waals surface area (Å²) in [6.07, 6.45) is -15.8. The maximum absolute atomic E-state index is 16.0. The number of thiocarbonyl (C=S) groups is 1. The number of pyridine rings is 1. The largest absolute Gasteiger partial charge is 0.490 e. The SMILES string of the molecule is CC(=O)O[C@@H]1C[C@@H](C(=O)N[C@@H](C)c2ccc(-c3scnc3C)cc2)N(C(=O)[C@@H](NC(=O)COCC(F)C(F)COc2ccc(-c3ncc(N4C(=S)N(c5ccc(C#N)c(C(F)(F)F)c5F)C(=O)C4(C)C)cc3F)c(C(F)(F)F)c2)C(C)(C)C)C1. The third-order valence-electron chi connectivity index (χ3n) is 13.8. The van der Waals surface area contributed by atoms with Gasteiger partial charge in [0.2, 0.25) is 17.7 Å². The summed E-state index contributed by atoms with van der Waals surface area (Å²) in [6, 6.07) is 9.67. The first-order valence-electron chi connectivity index (χ1n) is 25.6. The van der Waals surface area contributed by atoms with Crippen LogP contribution in [-0.2, 0) is 45.8 Å². The maximum atomic E-state index is 16.0. The Morgan fingerprint density at radius 2 is 1.60 bits per heavy atom. The van der Waals surface area contributed by atoms with E-state index >= 15 is 17.6 Å². The molecule has 4 amide bonds. The highest BCUT2D eigenvalue weighted by molar-refractivity contribution is 7.81.